The molecule has 1 amide bonds. The largest absolute Gasteiger partial charge is 0.378 e. The van der Waals surface area contributed by atoms with Gasteiger partial charge in [0.15, 0.2) is 5.82 Å². The van der Waals surface area contributed by atoms with Gasteiger partial charge in [0.25, 0.3) is 5.91 Å². The lowest BCUT2D eigenvalue weighted by Crippen LogP contribution is -2.42. The van der Waals surface area contributed by atoms with Crippen molar-refractivity contribution in [2.45, 2.75) is 38.2 Å². The zero-order chi connectivity index (χ0) is 22.1. The summed E-state index contributed by atoms with van der Waals surface area (Å²) in [5, 5.41) is 3.01. The predicted octanol–water partition coefficient (Wildman–Crippen LogP) is 3.27. The molecule has 3 aromatic rings. The fourth-order valence-electron chi connectivity index (χ4n) is 3.93. The molecular weight excluding hydrogens is 413 g/mol. The van der Waals surface area contributed by atoms with Crippen LogP contribution in [0.5, 0.6) is 0 Å². The Balaban J connectivity index is 1.31. The van der Waals surface area contributed by atoms with Gasteiger partial charge < -0.3 is 19.9 Å². The fourth-order valence-corrected chi connectivity index (χ4v) is 3.93. The molecule has 0 aromatic carbocycles. The number of hydrogen-bond acceptors (Lipinski definition) is 7. The number of hydrogen-bond donors (Lipinski definition) is 2. The van der Waals surface area contributed by atoms with E-state index in [0.717, 1.165) is 44.4 Å². The smallest absolute Gasteiger partial charge is 0.272 e. The summed E-state index contributed by atoms with van der Waals surface area (Å²) in [4.78, 5) is 34.2. The van der Waals surface area contributed by atoms with Crippen LogP contribution in [0.1, 0.15) is 48.4 Å². The standard InChI is InChI=1S/C22H24FN7O2/c1-13-9-14(5-8-32-13)20-25-12-18(28-20)19-16(23)11-26-22(29-19)27-15-3-4-17(24-10-15)21(31)30-6-2-7-30/h3-4,10-14H,2,5-9H2,1H3,(H,25,28)(H,26,27,29). The monoisotopic (exact) mass is 437 g/mol. The van der Waals surface area contributed by atoms with Crippen molar-refractivity contribution in [3.05, 3.63) is 48.1 Å². The molecule has 2 aliphatic heterocycles. The molecule has 166 valence electrons. The maximum absolute atomic E-state index is 14.5. The van der Waals surface area contributed by atoms with Gasteiger partial charge in [-0.25, -0.2) is 24.3 Å². The summed E-state index contributed by atoms with van der Waals surface area (Å²) >= 11 is 0. The number of halogens is 1. The zero-order valence-corrected chi connectivity index (χ0v) is 17.7. The number of ether oxygens (including phenoxy) is 1. The Bertz CT molecular complexity index is 1110. The topological polar surface area (TPSA) is 109 Å². The van der Waals surface area contributed by atoms with Crippen LogP contribution >= 0.6 is 0 Å². The van der Waals surface area contributed by atoms with Gasteiger partial charge in [-0.05, 0) is 38.3 Å². The van der Waals surface area contributed by atoms with Crippen LogP contribution in [0.4, 0.5) is 16.0 Å². The third kappa shape index (κ3) is 4.18. The van der Waals surface area contributed by atoms with Gasteiger partial charge in [0.1, 0.15) is 17.2 Å². The molecule has 2 unspecified atom stereocenters. The van der Waals surface area contributed by atoms with Crippen molar-refractivity contribution in [3.8, 4) is 11.4 Å². The van der Waals surface area contributed by atoms with Crippen LogP contribution in [0.2, 0.25) is 0 Å². The normalized spacial score (nSPS) is 20.6. The van der Waals surface area contributed by atoms with E-state index in [0.29, 0.717) is 23.7 Å². The Morgan fingerprint density at radius 2 is 2.09 bits per heavy atom. The molecule has 0 aliphatic carbocycles. The summed E-state index contributed by atoms with van der Waals surface area (Å²) < 4.78 is 20.1. The van der Waals surface area contributed by atoms with Crippen LogP contribution < -0.4 is 5.32 Å². The number of carbonyl (C=O) groups excluding carboxylic acids is 1. The number of nitrogens with zero attached hydrogens (tertiary/aromatic N) is 5. The van der Waals surface area contributed by atoms with Crippen LogP contribution in [0.25, 0.3) is 11.4 Å². The summed E-state index contributed by atoms with van der Waals surface area (Å²) in [6.45, 7) is 4.28. The van der Waals surface area contributed by atoms with E-state index in [9.17, 15) is 9.18 Å². The summed E-state index contributed by atoms with van der Waals surface area (Å²) in [6.07, 6.45) is 7.21. The molecule has 2 saturated heterocycles. The van der Waals surface area contributed by atoms with Crippen LogP contribution in [0.3, 0.4) is 0 Å². The molecule has 5 rings (SSSR count). The first-order valence-electron chi connectivity index (χ1n) is 10.8. The number of anilines is 2. The van der Waals surface area contributed by atoms with Crippen LogP contribution in [-0.4, -0.2) is 61.5 Å². The van der Waals surface area contributed by atoms with Crippen molar-refractivity contribution in [2.75, 3.05) is 25.0 Å². The first kappa shape index (κ1) is 20.5. The highest BCUT2D eigenvalue weighted by Crippen LogP contribution is 2.30. The average molecular weight is 437 g/mol. The Labute approximate surface area is 184 Å². The molecule has 3 aromatic heterocycles. The number of aromatic amines is 1. The van der Waals surface area contributed by atoms with Gasteiger partial charge in [-0.15, -0.1) is 0 Å². The van der Waals surface area contributed by atoms with Crippen LogP contribution in [0, 0.1) is 5.82 Å². The quantitative estimate of drug-likeness (QED) is 0.630. The van der Waals surface area contributed by atoms with Crippen molar-refractivity contribution in [1.29, 1.82) is 0 Å². The minimum atomic E-state index is -0.542. The number of likely N-dealkylation sites (tertiary alicyclic amines) is 1. The molecule has 5 heterocycles. The highest BCUT2D eigenvalue weighted by molar-refractivity contribution is 5.93. The molecule has 0 spiro atoms. The highest BCUT2D eigenvalue weighted by atomic mass is 19.1. The van der Waals surface area contributed by atoms with Gasteiger partial charge in [-0.2, -0.15) is 0 Å². The van der Waals surface area contributed by atoms with E-state index in [1.54, 1.807) is 29.4 Å². The minimum Gasteiger partial charge on any atom is -0.378 e. The number of carbonyl (C=O) groups is 1. The van der Waals surface area contributed by atoms with Gasteiger partial charge in [0.2, 0.25) is 5.95 Å². The van der Waals surface area contributed by atoms with E-state index in [1.165, 1.54) is 0 Å². The number of imidazole rings is 1. The second-order valence-corrected chi connectivity index (χ2v) is 8.18. The lowest BCUT2D eigenvalue weighted by Gasteiger charge is -2.30. The third-order valence-electron chi connectivity index (χ3n) is 5.85. The lowest BCUT2D eigenvalue weighted by molar-refractivity contribution is 0.0174. The third-order valence-corrected chi connectivity index (χ3v) is 5.85. The molecule has 2 aliphatic rings. The molecular formula is C22H24FN7O2. The fraction of sp³-hybridized carbons (Fsp3) is 0.409. The first-order chi connectivity index (χ1) is 15.6. The van der Waals surface area contributed by atoms with E-state index in [1.807, 2.05) is 6.92 Å². The van der Waals surface area contributed by atoms with Crippen molar-refractivity contribution in [3.63, 3.8) is 0 Å². The lowest BCUT2D eigenvalue weighted by atomic mass is 9.96. The maximum atomic E-state index is 14.5. The van der Waals surface area contributed by atoms with Gasteiger partial charge in [0, 0.05) is 25.6 Å². The van der Waals surface area contributed by atoms with E-state index >= 15 is 0 Å². The second kappa shape index (κ2) is 8.62. The Hall–Kier alpha value is -3.40. The molecule has 0 bridgehead atoms. The summed E-state index contributed by atoms with van der Waals surface area (Å²) in [6, 6.07) is 3.39. The molecule has 10 heteroatoms. The molecule has 32 heavy (non-hydrogen) atoms. The summed E-state index contributed by atoms with van der Waals surface area (Å²) in [5.41, 5.74) is 1.63. The van der Waals surface area contributed by atoms with Gasteiger partial charge in [-0.3, -0.25) is 4.79 Å². The van der Waals surface area contributed by atoms with Gasteiger partial charge >= 0.3 is 0 Å². The maximum Gasteiger partial charge on any atom is 0.272 e. The predicted molar refractivity (Wildman–Crippen MR) is 115 cm³/mol. The SMILES string of the molecule is CC1CC(c2ncc(-c3nc(Nc4ccc(C(=O)N5CCC5)nc4)ncc3F)[nH]2)CCO1. The van der Waals surface area contributed by atoms with E-state index in [2.05, 4.69) is 30.2 Å². The number of rotatable bonds is 5. The number of H-pyrrole nitrogens is 1. The van der Waals surface area contributed by atoms with Crippen molar-refractivity contribution >= 4 is 17.5 Å². The Morgan fingerprint density at radius 3 is 2.81 bits per heavy atom. The number of aromatic nitrogens is 5. The van der Waals surface area contributed by atoms with E-state index in [4.69, 9.17) is 4.74 Å². The van der Waals surface area contributed by atoms with Gasteiger partial charge in [0.05, 0.1) is 36.1 Å². The molecule has 2 N–H and O–H groups in total. The van der Waals surface area contributed by atoms with Crippen molar-refractivity contribution < 1.29 is 13.9 Å². The van der Waals surface area contributed by atoms with E-state index < -0.39 is 5.82 Å². The van der Waals surface area contributed by atoms with Gasteiger partial charge in [-0.1, -0.05) is 0 Å². The molecule has 2 fully saturated rings. The first-order valence-corrected chi connectivity index (χ1v) is 10.8. The van der Waals surface area contributed by atoms with Crippen LogP contribution in [0.15, 0.2) is 30.7 Å². The second-order valence-electron chi connectivity index (χ2n) is 8.18. The number of nitrogens with one attached hydrogen (secondary N) is 2. The molecule has 0 saturated carbocycles. The molecule has 9 nitrogen and oxygen atoms in total. The van der Waals surface area contributed by atoms with E-state index in [-0.39, 0.29) is 29.6 Å². The zero-order valence-electron chi connectivity index (χ0n) is 17.7. The minimum absolute atomic E-state index is 0.0721. The summed E-state index contributed by atoms with van der Waals surface area (Å²) in [7, 11) is 0. The molecule has 0 radical (unpaired) electrons. The van der Waals surface area contributed by atoms with Crippen molar-refractivity contribution in [2.24, 2.45) is 0 Å². The molecule has 2 atom stereocenters. The Kier molecular flexibility index (Phi) is 5.52. The number of amides is 1. The highest BCUT2D eigenvalue weighted by Gasteiger charge is 2.24. The Morgan fingerprint density at radius 1 is 1.22 bits per heavy atom. The summed E-state index contributed by atoms with van der Waals surface area (Å²) in [5.74, 6) is 0.672. The van der Waals surface area contributed by atoms with Crippen molar-refractivity contribution in [1.82, 2.24) is 29.8 Å². The number of pyridine rings is 1. The average Bonchev–Trinajstić information content (AvgIpc) is 3.24. The van der Waals surface area contributed by atoms with Crippen LogP contribution in [-0.2, 0) is 4.74 Å².